The number of likely N-dealkylation sites (tertiary alicyclic amines) is 1. The van der Waals surface area contributed by atoms with Crippen molar-refractivity contribution >= 4 is 16.8 Å². The molecule has 0 bridgehead atoms. The minimum Gasteiger partial charge on any atom is -0.768 e. The fourth-order valence-corrected chi connectivity index (χ4v) is 4.73. The van der Waals surface area contributed by atoms with Gasteiger partial charge in [0.2, 0.25) is 0 Å². The van der Waals surface area contributed by atoms with Crippen LogP contribution in [0.1, 0.15) is 60.8 Å². The first-order valence-electron chi connectivity index (χ1n) is 10.7. The van der Waals surface area contributed by atoms with Crippen LogP contribution >= 0.6 is 0 Å². The van der Waals surface area contributed by atoms with Crippen LogP contribution in [0.5, 0.6) is 0 Å². The lowest BCUT2D eigenvalue weighted by atomic mass is 9.86. The highest BCUT2D eigenvalue weighted by molar-refractivity contribution is 7.79. The Bertz CT molecular complexity index is 578. The number of piperidine rings is 2. The van der Waals surface area contributed by atoms with E-state index >= 15 is 0 Å². The third-order valence-electron chi connectivity index (χ3n) is 6.08. The lowest BCUT2D eigenvalue weighted by Gasteiger charge is -2.39. The van der Waals surface area contributed by atoms with Gasteiger partial charge in [0.15, 0.2) is 0 Å². The van der Waals surface area contributed by atoms with Crippen molar-refractivity contribution in [1.82, 2.24) is 4.90 Å². The Labute approximate surface area is 176 Å². The van der Waals surface area contributed by atoms with Gasteiger partial charge in [-0.3, -0.25) is 4.21 Å². The predicted octanol–water partition coefficient (Wildman–Crippen LogP) is 5.17. The van der Waals surface area contributed by atoms with Crippen LogP contribution in [0.4, 0.5) is 5.69 Å². The normalized spacial score (nSPS) is 20.3. The number of nitrogens with zero attached hydrogens (tertiary/aromatic N) is 2. The summed E-state index contributed by atoms with van der Waals surface area (Å²) in [4.78, 5) is 5.38. The summed E-state index contributed by atoms with van der Waals surface area (Å²) in [5, 5.41) is 0. The van der Waals surface area contributed by atoms with Crippen molar-refractivity contribution in [2.45, 2.75) is 65.7 Å². The van der Waals surface area contributed by atoms with E-state index in [4.69, 9.17) is 0 Å². The highest BCUT2D eigenvalue weighted by atomic mass is 32.2. The smallest absolute Gasteiger partial charge is 0.0377 e. The molecule has 2 aliphatic rings. The molecule has 162 valence electrons. The number of rotatable bonds is 5. The van der Waals surface area contributed by atoms with Crippen molar-refractivity contribution < 1.29 is 8.76 Å². The minimum atomic E-state index is -2.15. The van der Waals surface area contributed by atoms with Crippen molar-refractivity contribution in [1.29, 1.82) is 0 Å². The van der Waals surface area contributed by atoms with E-state index < -0.39 is 11.1 Å². The summed E-state index contributed by atoms with van der Waals surface area (Å²) in [7, 11) is 0. The van der Waals surface area contributed by atoms with E-state index in [-0.39, 0.29) is 7.43 Å². The summed E-state index contributed by atoms with van der Waals surface area (Å²) < 4.78 is 22.3. The zero-order chi connectivity index (χ0) is 19.8. The Balaban J connectivity index is 0.00000127. The molecule has 0 aliphatic carbocycles. The van der Waals surface area contributed by atoms with Crippen LogP contribution < -0.4 is 4.90 Å². The Morgan fingerprint density at radius 3 is 2.21 bits per heavy atom. The van der Waals surface area contributed by atoms with E-state index in [2.05, 4.69) is 23.6 Å². The van der Waals surface area contributed by atoms with E-state index in [0.29, 0.717) is 4.90 Å². The van der Waals surface area contributed by atoms with Gasteiger partial charge in [-0.2, -0.15) is 0 Å². The highest BCUT2D eigenvalue weighted by Gasteiger charge is 2.25. The van der Waals surface area contributed by atoms with Crippen LogP contribution in [0.2, 0.25) is 0 Å². The molecule has 0 aromatic heterocycles. The Hall–Kier alpha value is -0.910. The molecule has 0 amide bonds. The van der Waals surface area contributed by atoms with Gasteiger partial charge in [-0.15, -0.1) is 0 Å². The first-order chi connectivity index (χ1) is 13.0. The Kier molecular flexibility index (Phi) is 11.3. The molecule has 2 aliphatic heterocycles. The SMILES string of the molecule is C.CC.CC(C)C1CCN(CC2CCN(c3cccc(S(=O)[O-])c3)CC2)CC1. The molecule has 3 rings (SSSR count). The number of hydrogen-bond acceptors (Lipinski definition) is 4. The van der Waals surface area contributed by atoms with Crippen LogP contribution in [-0.4, -0.2) is 46.4 Å². The molecule has 2 saturated heterocycles. The van der Waals surface area contributed by atoms with Crippen LogP contribution in [0.15, 0.2) is 29.2 Å². The third kappa shape index (κ3) is 7.16. The van der Waals surface area contributed by atoms with Crippen molar-refractivity contribution in [3.05, 3.63) is 24.3 Å². The van der Waals surface area contributed by atoms with E-state index in [0.717, 1.165) is 36.5 Å². The summed E-state index contributed by atoms with van der Waals surface area (Å²) in [5.41, 5.74) is 1.04. The standard InChI is InChI=1S/C20H32N2O2S.C2H6.CH4/c1-16(2)18-8-10-21(11-9-18)15-17-6-12-22(13-7-17)19-4-3-5-20(14-19)25(23)24;1-2;/h3-5,14,16-18H,6-13,15H2,1-2H3,(H,23,24);1-2H3;1H4/p-1. The quantitative estimate of drug-likeness (QED) is 0.629. The fourth-order valence-electron chi connectivity index (χ4n) is 4.32. The van der Waals surface area contributed by atoms with Gasteiger partial charge in [0.05, 0.1) is 0 Å². The molecule has 5 heteroatoms. The molecule has 1 aromatic rings. The maximum Gasteiger partial charge on any atom is 0.0377 e. The van der Waals surface area contributed by atoms with E-state index in [1.807, 2.05) is 26.0 Å². The maximum absolute atomic E-state index is 11.2. The molecule has 1 unspecified atom stereocenters. The first kappa shape index (κ1) is 25.1. The van der Waals surface area contributed by atoms with Crippen molar-refractivity contribution in [2.24, 2.45) is 17.8 Å². The topological polar surface area (TPSA) is 46.6 Å². The van der Waals surface area contributed by atoms with Gasteiger partial charge < -0.3 is 14.4 Å². The predicted molar refractivity (Wildman–Crippen MR) is 121 cm³/mol. The molecule has 0 radical (unpaired) electrons. The minimum absolute atomic E-state index is 0. The molecule has 28 heavy (non-hydrogen) atoms. The van der Waals surface area contributed by atoms with Crippen LogP contribution in [0.3, 0.4) is 0 Å². The van der Waals surface area contributed by atoms with Crippen molar-refractivity contribution in [3.8, 4) is 0 Å². The summed E-state index contributed by atoms with van der Waals surface area (Å²) >= 11 is -2.15. The van der Waals surface area contributed by atoms with Crippen LogP contribution in [0.25, 0.3) is 0 Å². The second kappa shape index (κ2) is 12.6. The van der Waals surface area contributed by atoms with Crippen molar-refractivity contribution in [2.75, 3.05) is 37.6 Å². The lowest BCUT2D eigenvalue weighted by Crippen LogP contribution is -2.42. The van der Waals surface area contributed by atoms with E-state index in [9.17, 15) is 8.76 Å². The van der Waals surface area contributed by atoms with E-state index in [1.165, 1.54) is 45.3 Å². The number of anilines is 1. The summed E-state index contributed by atoms with van der Waals surface area (Å²) in [6, 6.07) is 7.30. The van der Waals surface area contributed by atoms with Gasteiger partial charge in [-0.25, -0.2) is 0 Å². The molecule has 0 spiro atoms. The van der Waals surface area contributed by atoms with Gasteiger partial charge in [0.25, 0.3) is 0 Å². The van der Waals surface area contributed by atoms with Gasteiger partial charge in [-0.05, 0) is 85.8 Å². The van der Waals surface area contributed by atoms with Crippen LogP contribution in [0, 0.1) is 17.8 Å². The molecule has 2 fully saturated rings. The van der Waals surface area contributed by atoms with Gasteiger partial charge in [0.1, 0.15) is 0 Å². The first-order valence-corrected chi connectivity index (χ1v) is 11.8. The summed E-state index contributed by atoms with van der Waals surface area (Å²) in [6.45, 7) is 14.5. The van der Waals surface area contributed by atoms with Gasteiger partial charge >= 0.3 is 0 Å². The Morgan fingerprint density at radius 1 is 1.07 bits per heavy atom. The highest BCUT2D eigenvalue weighted by Crippen LogP contribution is 2.28. The van der Waals surface area contributed by atoms with Crippen molar-refractivity contribution in [3.63, 3.8) is 0 Å². The molecule has 1 atom stereocenters. The monoisotopic (exact) mass is 409 g/mol. The summed E-state index contributed by atoms with van der Waals surface area (Å²) in [5.74, 6) is 2.52. The van der Waals surface area contributed by atoms with Gasteiger partial charge in [-0.1, -0.05) is 41.2 Å². The number of hydrogen-bond donors (Lipinski definition) is 0. The lowest BCUT2D eigenvalue weighted by molar-refractivity contribution is 0.132. The molecular formula is C23H41N2O2S-. The number of benzene rings is 1. The average Bonchev–Trinajstić information content (AvgIpc) is 2.70. The average molecular weight is 410 g/mol. The molecule has 1 aromatic carbocycles. The van der Waals surface area contributed by atoms with E-state index in [1.54, 1.807) is 12.1 Å². The molecule has 4 nitrogen and oxygen atoms in total. The molecule has 2 heterocycles. The fraction of sp³-hybridized carbons (Fsp3) is 0.739. The van der Waals surface area contributed by atoms with Gasteiger partial charge in [0, 0.05) is 30.2 Å². The molecule has 0 saturated carbocycles. The third-order valence-corrected chi connectivity index (χ3v) is 6.72. The molecule has 0 N–H and O–H groups in total. The summed E-state index contributed by atoms with van der Waals surface area (Å²) in [6.07, 6.45) is 5.12. The largest absolute Gasteiger partial charge is 0.768 e. The zero-order valence-corrected chi connectivity index (χ0v) is 18.3. The second-order valence-corrected chi connectivity index (χ2v) is 8.99. The molecular weight excluding hydrogens is 368 g/mol. The van der Waals surface area contributed by atoms with Crippen LogP contribution in [-0.2, 0) is 11.1 Å². The zero-order valence-electron chi connectivity index (χ0n) is 17.5. The maximum atomic E-state index is 11.2. The second-order valence-electron chi connectivity index (χ2n) is 8.04. The Morgan fingerprint density at radius 2 is 1.68 bits per heavy atom.